The molecule has 1 aliphatic heterocycles. The predicted octanol–water partition coefficient (Wildman–Crippen LogP) is 3.94. The van der Waals surface area contributed by atoms with Gasteiger partial charge in [0.15, 0.2) is 0 Å². The summed E-state index contributed by atoms with van der Waals surface area (Å²) in [6, 6.07) is 4.15. The van der Waals surface area contributed by atoms with Gasteiger partial charge < -0.3 is 15.6 Å². The molecular formula is C23H31F2N5O. The van der Waals surface area contributed by atoms with E-state index >= 15 is 0 Å². The van der Waals surface area contributed by atoms with Gasteiger partial charge in [0.25, 0.3) is 12.0 Å². The highest BCUT2D eigenvalue weighted by Crippen LogP contribution is 2.28. The van der Waals surface area contributed by atoms with Gasteiger partial charge in [0, 0.05) is 24.5 Å². The molecule has 0 amide bonds. The molecule has 1 aromatic carbocycles. The lowest BCUT2D eigenvalue weighted by Crippen LogP contribution is -2.35. The Morgan fingerprint density at radius 1 is 1.32 bits per heavy atom. The van der Waals surface area contributed by atoms with Crippen LogP contribution >= 0.6 is 0 Å². The summed E-state index contributed by atoms with van der Waals surface area (Å²) in [5, 5.41) is 16.5. The van der Waals surface area contributed by atoms with E-state index in [1.54, 1.807) is 0 Å². The van der Waals surface area contributed by atoms with Crippen LogP contribution in [0.25, 0.3) is 0 Å². The van der Waals surface area contributed by atoms with E-state index in [1.807, 2.05) is 13.1 Å². The third-order valence-corrected chi connectivity index (χ3v) is 6.35. The third kappa shape index (κ3) is 5.55. The molecule has 31 heavy (non-hydrogen) atoms. The molecule has 0 unspecified atom stereocenters. The van der Waals surface area contributed by atoms with Crippen LogP contribution in [0.2, 0.25) is 0 Å². The number of benzene rings is 1. The Hall–Kier alpha value is -2.61. The van der Waals surface area contributed by atoms with Crippen molar-refractivity contribution >= 4 is 11.9 Å². The molecule has 1 saturated heterocycles. The molecule has 6 nitrogen and oxygen atoms in total. The maximum absolute atomic E-state index is 13.1. The molecule has 0 atom stereocenters. The standard InChI is InChI=1S/C23H31F2N5O/c1-15-17(5-6-18(13-26)21(15)27-2)12-16-7-10-30(11-8-16)9-3-4-19-14-28-29-23(31)20(19)22(24)25/h5-6,13-14,16,22,26-27H,3-4,7-12H2,1-2H3,(H,29,31). The number of hydrogen-bond acceptors (Lipinski definition) is 5. The fourth-order valence-corrected chi connectivity index (χ4v) is 4.55. The minimum absolute atomic E-state index is 0.345. The van der Waals surface area contributed by atoms with Gasteiger partial charge in [-0.25, -0.2) is 13.9 Å². The Bertz CT molecular complexity index is 951. The summed E-state index contributed by atoms with van der Waals surface area (Å²) in [6.07, 6.45) is 4.35. The maximum atomic E-state index is 13.1. The van der Waals surface area contributed by atoms with Crippen LogP contribution in [0.4, 0.5) is 14.5 Å². The Balaban J connectivity index is 1.49. The van der Waals surface area contributed by atoms with Crippen molar-refractivity contribution in [1.82, 2.24) is 15.1 Å². The van der Waals surface area contributed by atoms with E-state index < -0.39 is 17.5 Å². The predicted molar refractivity (Wildman–Crippen MR) is 120 cm³/mol. The smallest absolute Gasteiger partial charge is 0.273 e. The number of piperidine rings is 1. The van der Waals surface area contributed by atoms with Crippen LogP contribution in [0.1, 0.15) is 53.5 Å². The number of halogens is 2. The number of rotatable bonds is 9. The highest BCUT2D eigenvalue weighted by atomic mass is 19.3. The fraction of sp³-hybridized carbons (Fsp3) is 0.522. The monoisotopic (exact) mass is 431 g/mol. The van der Waals surface area contributed by atoms with Gasteiger partial charge in [-0.2, -0.15) is 5.10 Å². The first kappa shape index (κ1) is 23.1. The molecule has 0 spiro atoms. The number of aryl methyl sites for hydroxylation is 1. The highest BCUT2D eigenvalue weighted by molar-refractivity contribution is 5.87. The molecule has 0 saturated carbocycles. The van der Waals surface area contributed by atoms with Crippen molar-refractivity contribution in [1.29, 1.82) is 5.41 Å². The first-order valence-corrected chi connectivity index (χ1v) is 10.8. The lowest BCUT2D eigenvalue weighted by molar-refractivity contribution is 0.147. The summed E-state index contributed by atoms with van der Waals surface area (Å²) >= 11 is 0. The zero-order chi connectivity index (χ0) is 22.4. The van der Waals surface area contributed by atoms with E-state index in [2.05, 4.69) is 33.4 Å². The van der Waals surface area contributed by atoms with Gasteiger partial charge in [-0.3, -0.25) is 4.79 Å². The van der Waals surface area contributed by atoms with E-state index in [4.69, 9.17) is 5.41 Å². The summed E-state index contributed by atoms with van der Waals surface area (Å²) < 4.78 is 26.3. The van der Waals surface area contributed by atoms with Gasteiger partial charge in [0.1, 0.15) is 0 Å². The van der Waals surface area contributed by atoms with Gasteiger partial charge in [0.2, 0.25) is 0 Å². The molecule has 8 heteroatoms. The van der Waals surface area contributed by atoms with Crippen molar-refractivity contribution in [3.8, 4) is 0 Å². The molecule has 0 bridgehead atoms. The minimum atomic E-state index is -2.78. The van der Waals surface area contributed by atoms with Crippen LogP contribution in [0, 0.1) is 18.3 Å². The van der Waals surface area contributed by atoms with Crippen LogP contribution in [-0.4, -0.2) is 48.0 Å². The molecule has 3 rings (SSSR count). The largest absolute Gasteiger partial charge is 0.387 e. The highest BCUT2D eigenvalue weighted by Gasteiger charge is 2.22. The molecule has 1 aromatic heterocycles. The first-order chi connectivity index (χ1) is 14.9. The third-order valence-electron chi connectivity index (χ3n) is 6.35. The van der Waals surface area contributed by atoms with Crippen molar-refractivity contribution in [2.75, 3.05) is 32.0 Å². The van der Waals surface area contributed by atoms with E-state index in [-0.39, 0.29) is 0 Å². The first-order valence-electron chi connectivity index (χ1n) is 10.8. The summed E-state index contributed by atoms with van der Waals surface area (Å²) in [5.74, 6) is 0.618. The number of nitrogens with one attached hydrogen (secondary N) is 3. The molecule has 168 valence electrons. The molecule has 1 aliphatic rings. The van der Waals surface area contributed by atoms with Crippen LogP contribution < -0.4 is 10.9 Å². The number of H-pyrrole nitrogens is 1. The number of likely N-dealkylation sites (tertiary alicyclic amines) is 1. The second-order valence-corrected chi connectivity index (χ2v) is 8.24. The Labute approximate surface area is 181 Å². The molecule has 3 N–H and O–H groups in total. The fourth-order valence-electron chi connectivity index (χ4n) is 4.55. The van der Waals surface area contributed by atoms with E-state index in [0.717, 1.165) is 56.6 Å². The average molecular weight is 432 g/mol. The number of alkyl halides is 2. The Morgan fingerprint density at radius 2 is 2.06 bits per heavy atom. The Kier molecular flexibility index (Phi) is 7.90. The van der Waals surface area contributed by atoms with E-state index in [0.29, 0.717) is 17.9 Å². The summed E-state index contributed by atoms with van der Waals surface area (Å²) in [7, 11) is 1.89. The minimum Gasteiger partial charge on any atom is -0.387 e. The summed E-state index contributed by atoms with van der Waals surface area (Å²) in [5.41, 5.74) is 3.59. The van der Waals surface area contributed by atoms with Crippen molar-refractivity contribution in [2.24, 2.45) is 5.92 Å². The molecular weight excluding hydrogens is 400 g/mol. The number of aromatic nitrogens is 2. The maximum Gasteiger partial charge on any atom is 0.273 e. The Morgan fingerprint density at radius 3 is 2.71 bits per heavy atom. The topological polar surface area (TPSA) is 84.9 Å². The summed E-state index contributed by atoms with van der Waals surface area (Å²) in [4.78, 5) is 14.0. The van der Waals surface area contributed by atoms with Crippen LogP contribution in [0.15, 0.2) is 23.1 Å². The average Bonchev–Trinajstić information content (AvgIpc) is 2.76. The van der Waals surface area contributed by atoms with Crippen LogP contribution in [0.3, 0.4) is 0 Å². The number of anilines is 1. The van der Waals surface area contributed by atoms with Crippen molar-refractivity contribution in [2.45, 2.75) is 45.5 Å². The molecule has 0 radical (unpaired) electrons. The zero-order valence-corrected chi connectivity index (χ0v) is 18.2. The number of nitrogens with zero attached hydrogens (tertiary/aromatic N) is 2. The molecule has 1 fully saturated rings. The van der Waals surface area contributed by atoms with Crippen LogP contribution in [-0.2, 0) is 12.8 Å². The van der Waals surface area contributed by atoms with Crippen molar-refractivity contribution in [3.63, 3.8) is 0 Å². The zero-order valence-electron chi connectivity index (χ0n) is 18.2. The van der Waals surface area contributed by atoms with Gasteiger partial charge >= 0.3 is 0 Å². The summed E-state index contributed by atoms with van der Waals surface area (Å²) in [6.45, 7) is 4.94. The van der Waals surface area contributed by atoms with Gasteiger partial charge in [-0.15, -0.1) is 0 Å². The lowest BCUT2D eigenvalue weighted by atomic mass is 9.87. The van der Waals surface area contributed by atoms with Crippen LogP contribution in [0.5, 0.6) is 0 Å². The van der Waals surface area contributed by atoms with Crippen molar-refractivity contribution < 1.29 is 8.78 Å². The molecule has 2 heterocycles. The van der Waals surface area contributed by atoms with Gasteiger partial charge in [-0.1, -0.05) is 12.1 Å². The number of aromatic amines is 1. The van der Waals surface area contributed by atoms with Gasteiger partial charge in [-0.05, 0) is 81.3 Å². The quantitative estimate of drug-likeness (QED) is 0.525. The second kappa shape index (κ2) is 10.6. The number of hydrogen-bond donors (Lipinski definition) is 3. The SMILES string of the molecule is CNc1c(C=N)ccc(CC2CCN(CCCc3cn[nH]c(=O)c3C(F)F)CC2)c1C. The normalized spacial score (nSPS) is 15.4. The molecule has 2 aromatic rings. The van der Waals surface area contributed by atoms with E-state index in [9.17, 15) is 13.6 Å². The van der Waals surface area contributed by atoms with Gasteiger partial charge in [0.05, 0.1) is 11.8 Å². The lowest BCUT2D eigenvalue weighted by Gasteiger charge is -2.32. The molecule has 0 aliphatic carbocycles. The second-order valence-electron chi connectivity index (χ2n) is 8.24. The van der Waals surface area contributed by atoms with Crippen molar-refractivity contribution in [3.05, 3.63) is 56.5 Å². The van der Waals surface area contributed by atoms with E-state index in [1.165, 1.54) is 23.5 Å².